The molecule has 0 radical (unpaired) electrons. The number of hydrogen-bond acceptors (Lipinski definition) is 4. The van der Waals surface area contributed by atoms with Crippen LogP contribution in [0.4, 0.5) is 0 Å². The largest absolute Gasteiger partial charge is 0.344 e. The van der Waals surface area contributed by atoms with E-state index in [0.717, 1.165) is 19.5 Å². The molecule has 0 atom stereocenters. The maximum atomic E-state index is 11.6. The molecule has 1 amide bonds. The van der Waals surface area contributed by atoms with Gasteiger partial charge in [-0.1, -0.05) is 0 Å². The monoisotopic (exact) mass is 211 g/mol. The van der Waals surface area contributed by atoms with Gasteiger partial charge in [-0.3, -0.25) is 4.79 Å². The molecule has 1 rings (SSSR count). The number of likely N-dealkylation sites (N-methyl/N-ethyl adjacent to an activating group) is 1. The Labute approximate surface area is 89.3 Å². The predicted octanol–water partition coefficient (Wildman–Crippen LogP) is -0.654. The first-order valence-electron chi connectivity index (χ1n) is 4.95. The highest BCUT2D eigenvalue weighted by Gasteiger charge is 2.08. The van der Waals surface area contributed by atoms with Gasteiger partial charge in [0.2, 0.25) is 5.91 Å². The fourth-order valence-electron chi connectivity index (χ4n) is 1.19. The molecule has 84 valence electrons. The Morgan fingerprint density at radius 3 is 3.00 bits per heavy atom. The standard InChI is InChI=1S/C9H17N5O/c1-10-4-3-5-13(2)9(15)6-14-8-11-7-12-14/h7-8,10H,3-6H2,1-2H3. The zero-order valence-electron chi connectivity index (χ0n) is 9.18. The maximum Gasteiger partial charge on any atom is 0.244 e. The summed E-state index contributed by atoms with van der Waals surface area (Å²) in [5, 5.41) is 6.92. The molecule has 0 fully saturated rings. The second-order valence-corrected chi connectivity index (χ2v) is 3.37. The van der Waals surface area contributed by atoms with Crippen LogP contribution in [-0.4, -0.2) is 52.8 Å². The van der Waals surface area contributed by atoms with E-state index in [1.807, 2.05) is 7.05 Å². The molecule has 1 aromatic rings. The van der Waals surface area contributed by atoms with Gasteiger partial charge in [-0.2, -0.15) is 5.10 Å². The van der Waals surface area contributed by atoms with Crippen LogP contribution in [0.2, 0.25) is 0 Å². The lowest BCUT2D eigenvalue weighted by atomic mass is 10.4. The van der Waals surface area contributed by atoms with Crippen LogP contribution in [0.1, 0.15) is 6.42 Å². The molecule has 15 heavy (non-hydrogen) atoms. The third-order valence-electron chi connectivity index (χ3n) is 2.11. The summed E-state index contributed by atoms with van der Waals surface area (Å²) in [6.07, 6.45) is 3.92. The van der Waals surface area contributed by atoms with E-state index < -0.39 is 0 Å². The maximum absolute atomic E-state index is 11.6. The molecule has 0 aliphatic rings. The molecule has 0 unspecified atom stereocenters. The van der Waals surface area contributed by atoms with Gasteiger partial charge >= 0.3 is 0 Å². The fraction of sp³-hybridized carbons (Fsp3) is 0.667. The minimum absolute atomic E-state index is 0.0524. The van der Waals surface area contributed by atoms with E-state index in [1.54, 1.807) is 18.3 Å². The van der Waals surface area contributed by atoms with Crippen LogP contribution in [0.5, 0.6) is 0 Å². The average Bonchev–Trinajstić information content (AvgIpc) is 2.70. The predicted molar refractivity (Wildman–Crippen MR) is 56.2 cm³/mol. The van der Waals surface area contributed by atoms with Crippen LogP contribution >= 0.6 is 0 Å². The quantitative estimate of drug-likeness (QED) is 0.635. The summed E-state index contributed by atoms with van der Waals surface area (Å²) < 4.78 is 1.52. The molecule has 0 aliphatic carbocycles. The summed E-state index contributed by atoms with van der Waals surface area (Å²) in [7, 11) is 3.70. The van der Waals surface area contributed by atoms with Crippen LogP contribution in [0.3, 0.4) is 0 Å². The SMILES string of the molecule is CNCCCN(C)C(=O)Cn1cncn1. The smallest absolute Gasteiger partial charge is 0.244 e. The van der Waals surface area contributed by atoms with Gasteiger partial charge in [0.15, 0.2) is 0 Å². The number of carbonyl (C=O) groups is 1. The van der Waals surface area contributed by atoms with Gasteiger partial charge in [0, 0.05) is 13.6 Å². The summed E-state index contributed by atoms with van der Waals surface area (Å²) >= 11 is 0. The second-order valence-electron chi connectivity index (χ2n) is 3.37. The number of nitrogens with zero attached hydrogens (tertiary/aromatic N) is 4. The zero-order valence-corrected chi connectivity index (χ0v) is 9.18. The van der Waals surface area contributed by atoms with Crippen molar-refractivity contribution in [3.63, 3.8) is 0 Å². The molecule has 6 nitrogen and oxygen atoms in total. The zero-order chi connectivity index (χ0) is 11.1. The molecule has 0 saturated carbocycles. The molecular formula is C9H17N5O. The van der Waals surface area contributed by atoms with Gasteiger partial charge in [0.1, 0.15) is 19.2 Å². The van der Waals surface area contributed by atoms with Crippen molar-refractivity contribution in [1.82, 2.24) is 25.0 Å². The first kappa shape index (κ1) is 11.6. The Morgan fingerprint density at radius 1 is 1.60 bits per heavy atom. The van der Waals surface area contributed by atoms with Crippen molar-refractivity contribution >= 4 is 5.91 Å². The molecular weight excluding hydrogens is 194 g/mol. The highest BCUT2D eigenvalue weighted by Crippen LogP contribution is 1.91. The summed E-state index contributed by atoms with van der Waals surface area (Å²) in [5.74, 6) is 0.0524. The van der Waals surface area contributed by atoms with Gasteiger partial charge in [-0.05, 0) is 20.0 Å². The van der Waals surface area contributed by atoms with E-state index in [9.17, 15) is 4.79 Å². The Bertz CT molecular complexity index is 285. The summed E-state index contributed by atoms with van der Waals surface area (Å²) in [6.45, 7) is 1.94. The average molecular weight is 211 g/mol. The second kappa shape index (κ2) is 6.13. The van der Waals surface area contributed by atoms with Crippen LogP contribution in [0, 0.1) is 0 Å². The number of nitrogens with one attached hydrogen (secondary N) is 1. The Morgan fingerprint density at radius 2 is 2.40 bits per heavy atom. The number of carbonyl (C=O) groups excluding carboxylic acids is 1. The lowest BCUT2D eigenvalue weighted by Crippen LogP contribution is -2.32. The van der Waals surface area contributed by atoms with Crippen LogP contribution in [0.25, 0.3) is 0 Å². The van der Waals surface area contributed by atoms with Crippen molar-refractivity contribution in [3.8, 4) is 0 Å². The van der Waals surface area contributed by atoms with E-state index in [-0.39, 0.29) is 12.5 Å². The Kier molecular flexibility index (Phi) is 4.76. The van der Waals surface area contributed by atoms with Crippen LogP contribution in [0.15, 0.2) is 12.7 Å². The van der Waals surface area contributed by atoms with E-state index in [4.69, 9.17) is 0 Å². The van der Waals surface area contributed by atoms with Gasteiger partial charge in [-0.15, -0.1) is 0 Å². The molecule has 6 heteroatoms. The summed E-state index contributed by atoms with van der Waals surface area (Å²) in [5.41, 5.74) is 0. The lowest BCUT2D eigenvalue weighted by Gasteiger charge is -2.16. The Hall–Kier alpha value is -1.43. The highest BCUT2D eigenvalue weighted by atomic mass is 16.2. The van der Waals surface area contributed by atoms with E-state index in [1.165, 1.54) is 11.0 Å². The number of hydrogen-bond donors (Lipinski definition) is 1. The third-order valence-corrected chi connectivity index (χ3v) is 2.11. The van der Waals surface area contributed by atoms with Crippen molar-refractivity contribution in [2.75, 3.05) is 27.2 Å². The van der Waals surface area contributed by atoms with Gasteiger partial charge in [0.25, 0.3) is 0 Å². The summed E-state index contributed by atoms with van der Waals surface area (Å²) in [6, 6.07) is 0. The lowest BCUT2D eigenvalue weighted by molar-refractivity contribution is -0.130. The minimum atomic E-state index is 0.0524. The van der Waals surface area contributed by atoms with Gasteiger partial charge < -0.3 is 10.2 Å². The summed E-state index contributed by atoms with van der Waals surface area (Å²) in [4.78, 5) is 17.1. The van der Waals surface area contributed by atoms with E-state index in [0.29, 0.717) is 0 Å². The van der Waals surface area contributed by atoms with Crippen molar-refractivity contribution < 1.29 is 4.79 Å². The Balaban J connectivity index is 2.27. The van der Waals surface area contributed by atoms with Crippen LogP contribution in [-0.2, 0) is 11.3 Å². The molecule has 1 heterocycles. The minimum Gasteiger partial charge on any atom is -0.344 e. The van der Waals surface area contributed by atoms with Gasteiger partial charge in [-0.25, -0.2) is 9.67 Å². The molecule has 0 aliphatic heterocycles. The number of amides is 1. The van der Waals surface area contributed by atoms with Crippen LogP contribution < -0.4 is 5.32 Å². The van der Waals surface area contributed by atoms with E-state index >= 15 is 0 Å². The number of aromatic nitrogens is 3. The van der Waals surface area contributed by atoms with Gasteiger partial charge in [0.05, 0.1) is 0 Å². The number of rotatable bonds is 6. The van der Waals surface area contributed by atoms with E-state index in [2.05, 4.69) is 15.4 Å². The van der Waals surface area contributed by atoms with Crippen molar-refractivity contribution in [3.05, 3.63) is 12.7 Å². The fourth-order valence-corrected chi connectivity index (χ4v) is 1.19. The topological polar surface area (TPSA) is 63.1 Å². The van der Waals surface area contributed by atoms with Crippen molar-refractivity contribution in [1.29, 1.82) is 0 Å². The van der Waals surface area contributed by atoms with Crippen molar-refractivity contribution in [2.24, 2.45) is 0 Å². The first-order chi connectivity index (χ1) is 7.24. The molecule has 0 bridgehead atoms. The first-order valence-corrected chi connectivity index (χ1v) is 4.95. The third kappa shape index (κ3) is 4.07. The molecule has 0 spiro atoms. The molecule has 0 aromatic carbocycles. The highest BCUT2D eigenvalue weighted by molar-refractivity contribution is 5.75. The molecule has 0 saturated heterocycles. The normalized spacial score (nSPS) is 10.3. The molecule has 1 N–H and O–H groups in total. The molecule has 1 aromatic heterocycles. The van der Waals surface area contributed by atoms with Crippen molar-refractivity contribution in [2.45, 2.75) is 13.0 Å².